The topological polar surface area (TPSA) is 34.1 Å². The summed E-state index contributed by atoms with van der Waals surface area (Å²) in [5.74, 6) is 0.390. The zero-order valence-electron chi connectivity index (χ0n) is 11.1. The Bertz CT molecular complexity index is 511. The van der Waals surface area contributed by atoms with Crippen LogP contribution < -0.4 is 10.1 Å². The van der Waals surface area contributed by atoms with Crippen molar-refractivity contribution in [2.24, 2.45) is 0 Å². The van der Waals surface area contributed by atoms with Crippen molar-refractivity contribution in [3.05, 3.63) is 54.1 Å². The number of ether oxygens (including phenoxy) is 1. The number of hydrogen-bond acceptors (Lipinski definition) is 3. The Hall–Kier alpha value is -2.10. The summed E-state index contributed by atoms with van der Waals surface area (Å²) < 4.78 is 18.1. The summed E-state index contributed by atoms with van der Waals surface area (Å²) in [5, 5.41) is 3.27. The molecule has 0 aliphatic heterocycles. The molecule has 100 valence electrons. The first-order valence-electron chi connectivity index (χ1n) is 6.30. The fourth-order valence-electron chi connectivity index (χ4n) is 1.81. The minimum absolute atomic E-state index is 0.114. The lowest BCUT2D eigenvalue weighted by atomic mass is 10.1. The summed E-state index contributed by atoms with van der Waals surface area (Å²) in [6, 6.07) is 11.0. The summed E-state index contributed by atoms with van der Waals surface area (Å²) in [5.41, 5.74) is 1.93. The number of rotatable bonds is 5. The number of nitrogens with zero attached hydrogens (tertiary/aromatic N) is 1. The van der Waals surface area contributed by atoms with Crippen LogP contribution in [-0.4, -0.2) is 11.6 Å². The van der Waals surface area contributed by atoms with E-state index in [9.17, 15) is 4.39 Å². The van der Waals surface area contributed by atoms with Gasteiger partial charge in [0.2, 0.25) is 5.95 Å². The molecule has 1 heterocycles. The molecule has 0 aliphatic carbocycles. The molecule has 2 aromatic rings. The first-order chi connectivity index (χ1) is 9.19. The molecule has 2 rings (SSSR count). The van der Waals surface area contributed by atoms with Crippen LogP contribution in [0.1, 0.15) is 25.5 Å². The Balaban J connectivity index is 2.02. The van der Waals surface area contributed by atoms with Gasteiger partial charge in [0.25, 0.3) is 0 Å². The molecule has 1 aromatic heterocycles. The zero-order chi connectivity index (χ0) is 13.7. The summed E-state index contributed by atoms with van der Waals surface area (Å²) in [7, 11) is 0. The van der Waals surface area contributed by atoms with Crippen molar-refractivity contribution in [3.8, 4) is 5.75 Å². The monoisotopic (exact) mass is 260 g/mol. The normalized spacial score (nSPS) is 11.9. The minimum Gasteiger partial charge on any atom is -0.494 e. The highest BCUT2D eigenvalue weighted by molar-refractivity contribution is 5.43. The van der Waals surface area contributed by atoms with Gasteiger partial charge in [0, 0.05) is 6.04 Å². The van der Waals surface area contributed by atoms with Crippen molar-refractivity contribution in [1.82, 2.24) is 4.98 Å². The molecule has 0 amide bonds. The third kappa shape index (κ3) is 3.68. The average Bonchev–Trinajstić information content (AvgIpc) is 2.42. The molecule has 4 heteroatoms. The van der Waals surface area contributed by atoms with Gasteiger partial charge in [-0.05, 0) is 43.7 Å². The van der Waals surface area contributed by atoms with Crippen molar-refractivity contribution < 1.29 is 9.13 Å². The lowest BCUT2D eigenvalue weighted by molar-refractivity contribution is 0.340. The molecule has 1 N–H and O–H groups in total. The number of hydrogen-bond donors (Lipinski definition) is 1. The van der Waals surface area contributed by atoms with Gasteiger partial charge in [-0.15, -0.1) is 0 Å². The molecule has 0 saturated carbocycles. The predicted octanol–water partition coefficient (Wildman–Crippen LogP) is 3.79. The molecule has 1 aromatic carbocycles. The number of pyridine rings is 1. The van der Waals surface area contributed by atoms with Crippen LogP contribution in [0.4, 0.5) is 10.1 Å². The molecular formula is C15H17FN2O. The summed E-state index contributed by atoms with van der Waals surface area (Å²) >= 11 is 0. The molecule has 0 spiro atoms. The van der Waals surface area contributed by atoms with E-state index in [0.29, 0.717) is 6.61 Å². The Labute approximate surface area is 112 Å². The molecular weight excluding hydrogens is 243 g/mol. The van der Waals surface area contributed by atoms with Crippen molar-refractivity contribution in [2.75, 3.05) is 11.9 Å². The van der Waals surface area contributed by atoms with Gasteiger partial charge < -0.3 is 10.1 Å². The first-order valence-corrected chi connectivity index (χ1v) is 6.30. The van der Waals surface area contributed by atoms with E-state index in [0.717, 1.165) is 17.0 Å². The third-order valence-corrected chi connectivity index (χ3v) is 2.80. The van der Waals surface area contributed by atoms with Gasteiger partial charge in [0.05, 0.1) is 18.5 Å². The van der Waals surface area contributed by atoms with E-state index in [1.54, 1.807) is 6.07 Å². The van der Waals surface area contributed by atoms with Gasteiger partial charge in [-0.1, -0.05) is 12.1 Å². The van der Waals surface area contributed by atoms with Crippen LogP contribution in [-0.2, 0) is 0 Å². The summed E-state index contributed by atoms with van der Waals surface area (Å²) in [6.45, 7) is 4.66. The fraction of sp³-hybridized carbons (Fsp3) is 0.267. The quantitative estimate of drug-likeness (QED) is 0.830. The van der Waals surface area contributed by atoms with E-state index in [1.807, 2.05) is 38.1 Å². The van der Waals surface area contributed by atoms with Crippen molar-refractivity contribution >= 4 is 5.69 Å². The molecule has 1 unspecified atom stereocenters. The second-order valence-electron chi connectivity index (χ2n) is 4.24. The van der Waals surface area contributed by atoms with Crippen LogP contribution in [0.3, 0.4) is 0 Å². The lowest BCUT2D eigenvalue weighted by Gasteiger charge is -2.15. The second-order valence-corrected chi connectivity index (χ2v) is 4.24. The zero-order valence-corrected chi connectivity index (χ0v) is 11.1. The predicted molar refractivity (Wildman–Crippen MR) is 73.8 cm³/mol. The summed E-state index contributed by atoms with van der Waals surface area (Å²) in [4.78, 5) is 3.62. The minimum atomic E-state index is -0.473. The van der Waals surface area contributed by atoms with Gasteiger partial charge in [0.1, 0.15) is 5.75 Å². The number of anilines is 1. The number of halogens is 1. The lowest BCUT2D eigenvalue weighted by Crippen LogP contribution is -2.07. The molecule has 0 radical (unpaired) electrons. The Morgan fingerprint density at radius 1 is 1.21 bits per heavy atom. The summed E-state index contributed by atoms with van der Waals surface area (Å²) in [6.07, 6.45) is 1.49. The van der Waals surface area contributed by atoms with E-state index in [-0.39, 0.29) is 6.04 Å². The van der Waals surface area contributed by atoms with Crippen LogP contribution in [0.15, 0.2) is 42.6 Å². The molecule has 3 nitrogen and oxygen atoms in total. The maximum atomic E-state index is 12.7. The number of nitrogens with one attached hydrogen (secondary N) is 1. The van der Waals surface area contributed by atoms with Crippen molar-refractivity contribution in [1.29, 1.82) is 0 Å². The van der Waals surface area contributed by atoms with Crippen molar-refractivity contribution in [3.63, 3.8) is 0 Å². The molecule has 0 saturated heterocycles. The molecule has 19 heavy (non-hydrogen) atoms. The highest BCUT2D eigenvalue weighted by Crippen LogP contribution is 2.21. The Morgan fingerprint density at radius 3 is 2.53 bits per heavy atom. The largest absolute Gasteiger partial charge is 0.494 e. The SMILES string of the molecule is CCOc1ccc(C(C)Nc2ccc(F)nc2)cc1. The van der Waals surface area contributed by atoms with E-state index in [1.165, 1.54) is 12.3 Å². The first kappa shape index (κ1) is 13.3. The van der Waals surface area contributed by atoms with Crippen LogP contribution in [0.2, 0.25) is 0 Å². The molecule has 0 bridgehead atoms. The van der Waals surface area contributed by atoms with Crippen LogP contribution in [0.5, 0.6) is 5.75 Å². The highest BCUT2D eigenvalue weighted by Gasteiger charge is 2.06. The highest BCUT2D eigenvalue weighted by atomic mass is 19.1. The molecule has 1 atom stereocenters. The standard InChI is InChI=1S/C15H17FN2O/c1-3-19-14-7-4-12(5-8-14)11(2)18-13-6-9-15(16)17-10-13/h4-11,18H,3H2,1-2H3. The van der Waals surface area contributed by atoms with E-state index in [2.05, 4.69) is 10.3 Å². The van der Waals surface area contributed by atoms with Gasteiger partial charge >= 0.3 is 0 Å². The number of aromatic nitrogens is 1. The van der Waals surface area contributed by atoms with Gasteiger partial charge in [0.15, 0.2) is 0 Å². The van der Waals surface area contributed by atoms with E-state index < -0.39 is 5.95 Å². The van der Waals surface area contributed by atoms with Gasteiger partial charge in [-0.3, -0.25) is 0 Å². The molecule has 0 fully saturated rings. The smallest absolute Gasteiger partial charge is 0.212 e. The van der Waals surface area contributed by atoms with Crippen LogP contribution in [0, 0.1) is 5.95 Å². The Kier molecular flexibility index (Phi) is 4.34. The second kappa shape index (κ2) is 6.18. The maximum Gasteiger partial charge on any atom is 0.212 e. The van der Waals surface area contributed by atoms with Crippen LogP contribution in [0.25, 0.3) is 0 Å². The maximum absolute atomic E-state index is 12.7. The van der Waals surface area contributed by atoms with E-state index in [4.69, 9.17) is 4.74 Å². The van der Waals surface area contributed by atoms with Gasteiger partial charge in [-0.25, -0.2) is 4.98 Å². The fourth-order valence-corrected chi connectivity index (χ4v) is 1.81. The van der Waals surface area contributed by atoms with Gasteiger partial charge in [-0.2, -0.15) is 4.39 Å². The van der Waals surface area contributed by atoms with E-state index >= 15 is 0 Å². The Morgan fingerprint density at radius 2 is 1.95 bits per heavy atom. The molecule has 0 aliphatic rings. The van der Waals surface area contributed by atoms with Crippen molar-refractivity contribution in [2.45, 2.75) is 19.9 Å². The third-order valence-electron chi connectivity index (χ3n) is 2.80. The average molecular weight is 260 g/mol. The van der Waals surface area contributed by atoms with Crippen LogP contribution >= 0.6 is 0 Å². The number of benzene rings is 1.